The van der Waals surface area contributed by atoms with Crippen LogP contribution in [0, 0.1) is 0 Å². The van der Waals surface area contributed by atoms with Gasteiger partial charge in [0.05, 0.1) is 6.10 Å². The van der Waals surface area contributed by atoms with E-state index in [1.54, 1.807) is 24.3 Å². The van der Waals surface area contributed by atoms with Gasteiger partial charge in [0.25, 0.3) is 0 Å². The maximum atomic E-state index is 12.4. The van der Waals surface area contributed by atoms with Crippen molar-refractivity contribution in [2.45, 2.75) is 25.0 Å². The molecule has 0 aliphatic rings. The highest BCUT2D eigenvalue weighted by Crippen LogP contribution is 2.26. The lowest BCUT2D eigenvalue weighted by Gasteiger charge is -2.19. The summed E-state index contributed by atoms with van der Waals surface area (Å²) in [4.78, 5) is 24.6. The van der Waals surface area contributed by atoms with Crippen LogP contribution in [0.15, 0.2) is 91.0 Å². The van der Waals surface area contributed by atoms with Crippen molar-refractivity contribution < 1.29 is 19.4 Å². The second kappa shape index (κ2) is 9.62. The standard InChI is InChI=1S/C24H22O4/c25-21(16-22(26)18-10-4-1-5-11-18)17-23(27)28-24(19-12-6-2-7-13-19)20-14-8-3-9-15-20/h1-15,22,24,26H,16-17H2/t22-/m1/s1. The van der Waals surface area contributed by atoms with Crippen molar-refractivity contribution in [3.8, 4) is 0 Å². The molecular weight excluding hydrogens is 352 g/mol. The van der Waals surface area contributed by atoms with Gasteiger partial charge in [-0.25, -0.2) is 0 Å². The van der Waals surface area contributed by atoms with Crippen LogP contribution < -0.4 is 0 Å². The molecule has 3 rings (SSSR count). The van der Waals surface area contributed by atoms with Gasteiger partial charge in [-0.3, -0.25) is 9.59 Å². The lowest BCUT2D eigenvalue weighted by atomic mass is 10.0. The van der Waals surface area contributed by atoms with Gasteiger partial charge < -0.3 is 9.84 Å². The predicted octanol–water partition coefficient (Wildman–Crippen LogP) is 4.40. The summed E-state index contributed by atoms with van der Waals surface area (Å²) >= 11 is 0. The second-order valence-corrected chi connectivity index (χ2v) is 6.54. The van der Waals surface area contributed by atoms with E-state index in [9.17, 15) is 14.7 Å². The van der Waals surface area contributed by atoms with Crippen LogP contribution in [0.1, 0.15) is 41.7 Å². The Hall–Kier alpha value is -3.24. The van der Waals surface area contributed by atoms with E-state index in [1.165, 1.54) is 0 Å². The number of rotatable bonds is 8. The molecule has 3 aromatic carbocycles. The molecule has 0 unspecified atom stereocenters. The summed E-state index contributed by atoms with van der Waals surface area (Å²) in [6.07, 6.45) is -2.01. The maximum absolute atomic E-state index is 12.4. The Bertz CT molecular complexity index is 852. The summed E-state index contributed by atoms with van der Waals surface area (Å²) in [6, 6.07) is 27.7. The first-order chi connectivity index (χ1) is 13.6. The third-order valence-corrected chi connectivity index (χ3v) is 4.40. The fourth-order valence-electron chi connectivity index (χ4n) is 3.00. The smallest absolute Gasteiger partial charge is 0.314 e. The molecule has 0 fully saturated rings. The van der Waals surface area contributed by atoms with Crippen LogP contribution in [0.3, 0.4) is 0 Å². The van der Waals surface area contributed by atoms with Crippen molar-refractivity contribution in [2.75, 3.05) is 0 Å². The molecule has 0 bridgehead atoms. The number of hydrogen-bond donors (Lipinski definition) is 1. The zero-order valence-corrected chi connectivity index (χ0v) is 15.4. The van der Waals surface area contributed by atoms with Crippen LogP contribution in [0.2, 0.25) is 0 Å². The van der Waals surface area contributed by atoms with E-state index in [1.807, 2.05) is 66.7 Å². The van der Waals surface area contributed by atoms with Crippen molar-refractivity contribution in [3.05, 3.63) is 108 Å². The number of ether oxygens (including phenoxy) is 1. The van der Waals surface area contributed by atoms with E-state index >= 15 is 0 Å². The highest BCUT2D eigenvalue weighted by Gasteiger charge is 2.22. The zero-order chi connectivity index (χ0) is 19.8. The van der Waals surface area contributed by atoms with Crippen LogP contribution in [-0.2, 0) is 14.3 Å². The minimum atomic E-state index is -0.930. The van der Waals surface area contributed by atoms with Crippen LogP contribution in [0.4, 0.5) is 0 Å². The molecule has 0 saturated heterocycles. The van der Waals surface area contributed by atoms with Crippen LogP contribution in [0.5, 0.6) is 0 Å². The summed E-state index contributed by atoms with van der Waals surface area (Å²) in [5.41, 5.74) is 2.31. The number of aliphatic hydroxyl groups excluding tert-OH is 1. The molecule has 0 spiro atoms. The molecule has 28 heavy (non-hydrogen) atoms. The number of carbonyl (C=O) groups excluding carboxylic acids is 2. The molecule has 0 aromatic heterocycles. The van der Waals surface area contributed by atoms with E-state index < -0.39 is 18.2 Å². The number of aliphatic hydroxyl groups is 1. The van der Waals surface area contributed by atoms with Crippen molar-refractivity contribution in [1.82, 2.24) is 0 Å². The Morgan fingerprint density at radius 3 is 1.61 bits per heavy atom. The molecular formula is C24H22O4. The van der Waals surface area contributed by atoms with Gasteiger partial charge in [0.2, 0.25) is 0 Å². The lowest BCUT2D eigenvalue weighted by molar-refractivity contribution is -0.149. The van der Waals surface area contributed by atoms with Crippen molar-refractivity contribution in [2.24, 2.45) is 0 Å². The fourth-order valence-corrected chi connectivity index (χ4v) is 3.00. The van der Waals surface area contributed by atoms with E-state index in [0.717, 1.165) is 11.1 Å². The Balaban J connectivity index is 1.65. The average molecular weight is 374 g/mol. The molecule has 1 atom stereocenters. The Kier molecular flexibility index (Phi) is 6.71. The number of Topliss-reactive ketones (excluding diaryl/α,β-unsaturated/α-hetero) is 1. The minimum Gasteiger partial charge on any atom is -0.452 e. The summed E-state index contributed by atoms with van der Waals surface area (Å²) in [6.45, 7) is 0. The Morgan fingerprint density at radius 2 is 1.14 bits per heavy atom. The first-order valence-electron chi connectivity index (χ1n) is 9.17. The van der Waals surface area contributed by atoms with Gasteiger partial charge in [0.15, 0.2) is 6.10 Å². The van der Waals surface area contributed by atoms with E-state index in [2.05, 4.69) is 0 Å². The Morgan fingerprint density at radius 1 is 0.714 bits per heavy atom. The topological polar surface area (TPSA) is 63.6 Å². The Labute approximate surface area is 164 Å². The third kappa shape index (κ3) is 5.38. The second-order valence-electron chi connectivity index (χ2n) is 6.54. The molecule has 0 saturated carbocycles. The van der Waals surface area contributed by atoms with Gasteiger partial charge in [-0.05, 0) is 16.7 Å². The van der Waals surface area contributed by atoms with Gasteiger partial charge in [-0.2, -0.15) is 0 Å². The SMILES string of the molecule is O=C(CC(=O)OC(c1ccccc1)c1ccccc1)C[C@@H](O)c1ccccc1. The molecule has 0 radical (unpaired) electrons. The third-order valence-electron chi connectivity index (χ3n) is 4.40. The van der Waals surface area contributed by atoms with Gasteiger partial charge in [-0.1, -0.05) is 91.0 Å². The summed E-state index contributed by atoms with van der Waals surface area (Å²) in [5, 5.41) is 10.2. The van der Waals surface area contributed by atoms with Gasteiger partial charge >= 0.3 is 5.97 Å². The predicted molar refractivity (Wildman–Crippen MR) is 106 cm³/mol. The van der Waals surface area contributed by atoms with Gasteiger partial charge in [-0.15, -0.1) is 0 Å². The molecule has 142 valence electrons. The van der Waals surface area contributed by atoms with Crippen molar-refractivity contribution in [1.29, 1.82) is 0 Å². The number of ketones is 1. The van der Waals surface area contributed by atoms with Gasteiger partial charge in [0, 0.05) is 6.42 Å². The number of hydrogen-bond acceptors (Lipinski definition) is 4. The molecule has 1 N–H and O–H groups in total. The first kappa shape index (κ1) is 19.5. The highest BCUT2D eigenvalue weighted by molar-refractivity contribution is 5.95. The fraction of sp³-hybridized carbons (Fsp3) is 0.167. The van der Waals surface area contributed by atoms with Crippen LogP contribution in [-0.4, -0.2) is 16.9 Å². The molecule has 0 aliphatic carbocycles. The van der Waals surface area contributed by atoms with E-state index in [4.69, 9.17) is 4.74 Å². The maximum Gasteiger partial charge on any atom is 0.314 e. The molecule has 0 amide bonds. The molecule has 4 nitrogen and oxygen atoms in total. The largest absolute Gasteiger partial charge is 0.452 e. The summed E-state index contributed by atoms with van der Waals surface area (Å²) in [5.74, 6) is -0.968. The zero-order valence-electron chi connectivity index (χ0n) is 15.4. The highest BCUT2D eigenvalue weighted by atomic mass is 16.5. The minimum absolute atomic E-state index is 0.125. The normalized spacial score (nSPS) is 11.8. The average Bonchev–Trinajstić information content (AvgIpc) is 2.74. The van der Waals surface area contributed by atoms with Crippen molar-refractivity contribution >= 4 is 11.8 Å². The van der Waals surface area contributed by atoms with Crippen molar-refractivity contribution in [3.63, 3.8) is 0 Å². The summed E-state index contributed by atoms with van der Waals surface area (Å²) in [7, 11) is 0. The number of esters is 1. The molecule has 0 heterocycles. The quantitative estimate of drug-likeness (QED) is 0.469. The van der Waals surface area contributed by atoms with Crippen LogP contribution >= 0.6 is 0 Å². The number of benzene rings is 3. The van der Waals surface area contributed by atoms with Gasteiger partial charge in [0.1, 0.15) is 12.2 Å². The molecule has 0 aliphatic heterocycles. The summed E-state index contributed by atoms with van der Waals surface area (Å²) < 4.78 is 5.64. The van der Waals surface area contributed by atoms with Crippen LogP contribution in [0.25, 0.3) is 0 Å². The first-order valence-corrected chi connectivity index (χ1v) is 9.17. The molecule has 3 aromatic rings. The monoisotopic (exact) mass is 374 g/mol. The van der Waals surface area contributed by atoms with E-state index in [-0.39, 0.29) is 18.6 Å². The lowest BCUT2D eigenvalue weighted by Crippen LogP contribution is -2.17. The van der Waals surface area contributed by atoms with E-state index in [0.29, 0.717) is 5.56 Å². The molecule has 4 heteroatoms. The number of carbonyl (C=O) groups is 2.